The van der Waals surface area contributed by atoms with Crippen LogP contribution in [0.5, 0.6) is 0 Å². The first-order valence-corrected chi connectivity index (χ1v) is 8.69. The van der Waals surface area contributed by atoms with E-state index in [0.29, 0.717) is 5.56 Å². The van der Waals surface area contributed by atoms with Crippen molar-refractivity contribution in [1.82, 2.24) is 15.2 Å². The Kier molecular flexibility index (Phi) is 6.17. The van der Waals surface area contributed by atoms with Crippen LogP contribution in [0.4, 0.5) is 0 Å². The van der Waals surface area contributed by atoms with Gasteiger partial charge in [-0.2, -0.15) is 0 Å². The number of hydrogen-bond donors (Lipinski definition) is 1. The van der Waals surface area contributed by atoms with Gasteiger partial charge < -0.3 is 9.73 Å². The molecule has 0 saturated heterocycles. The summed E-state index contributed by atoms with van der Waals surface area (Å²) in [5.41, 5.74) is 3.10. The summed E-state index contributed by atoms with van der Waals surface area (Å²) in [4.78, 5) is 18.1. The summed E-state index contributed by atoms with van der Waals surface area (Å²) in [5, 5.41) is 2.64. The van der Waals surface area contributed by atoms with E-state index in [4.69, 9.17) is 4.42 Å². The van der Waals surface area contributed by atoms with Crippen molar-refractivity contribution in [2.75, 3.05) is 13.6 Å². The van der Waals surface area contributed by atoms with Gasteiger partial charge in [0.15, 0.2) is 0 Å². The topological polar surface area (TPSA) is 58.4 Å². The molecular weight excluding hydrogens is 326 g/mol. The lowest BCUT2D eigenvalue weighted by Crippen LogP contribution is -2.25. The van der Waals surface area contributed by atoms with Crippen molar-refractivity contribution >= 4 is 5.91 Å². The van der Waals surface area contributed by atoms with Crippen LogP contribution in [-0.4, -0.2) is 29.4 Å². The van der Waals surface area contributed by atoms with Crippen molar-refractivity contribution < 1.29 is 9.21 Å². The fourth-order valence-electron chi connectivity index (χ4n) is 2.84. The number of aromatic nitrogens is 1. The van der Waals surface area contributed by atoms with Crippen LogP contribution in [0.2, 0.25) is 0 Å². The van der Waals surface area contributed by atoms with Crippen LogP contribution in [0.3, 0.4) is 0 Å². The standard InChI is InChI=1S/C21H23N3O2/c1-22-21(25)19-6-4-18(5-7-19)15-24(16-20-3-2-14-26-20)13-10-17-8-11-23-12-9-17/h2-9,11-12,14H,10,13,15-16H2,1H3,(H,22,25). The first kappa shape index (κ1) is 17.9. The van der Waals surface area contributed by atoms with Gasteiger partial charge in [0.05, 0.1) is 12.8 Å². The zero-order valence-corrected chi connectivity index (χ0v) is 14.9. The normalized spacial score (nSPS) is 10.8. The maximum Gasteiger partial charge on any atom is 0.251 e. The van der Waals surface area contributed by atoms with E-state index in [1.165, 1.54) is 11.1 Å². The number of benzene rings is 1. The number of nitrogens with one attached hydrogen (secondary N) is 1. The van der Waals surface area contributed by atoms with Crippen molar-refractivity contribution in [3.8, 4) is 0 Å². The molecule has 0 atom stereocenters. The fourth-order valence-corrected chi connectivity index (χ4v) is 2.84. The molecule has 1 N–H and O–H groups in total. The predicted octanol–water partition coefficient (Wildman–Crippen LogP) is 3.28. The highest BCUT2D eigenvalue weighted by atomic mass is 16.3. The average Bonchev–Trinajstić information content (AvgIpc) is 3.20. The van der Waals surface area contributed by atoms with Gasteiger partial charge in [-0.15, -0.1) is 0 Å². The minimum Gasteiger partial charge on any atom is -0.468 e. The van der Waals surface area contributed by atoms with E-state index in [9.17, 15) is 4.79 Å². The minimum atomic E-state index is -0.0679. The summed E-state index contributed by atoms with van der Waals surface area (Å²) in [5.74, 6) is 0.878. The Morgan fingerprint density at radius 1 is 1.04 bits per heavy atom. The summed E-state index contributed by atoms with van der Waals surface area (Å²) >= 11 is 0. The minimum absolute atomic E-state index is 0.0679. The van der Waals surface area contributed by atoms with Gasteiger partial charge in [0, 0.05) is 38.1 Å². The molecule has 0 bridgehead atoms. The lowest BCUT2D eigenvalue weighted by molar-refractivity contribution is 0.0963. The Morgan fingerprint density at radius 3 is 2.46 bits per heavy atom. The van der Waals surface area contributed by atoms with Crippen molar-refractivity contribution in [2.24, 2.45) is 0 Å². The third kappa shape index (κ3) is 5.04. The molecule has 0 radical (unpaired) electrons. The number of rotatable bonds is 8. The van der Waals surface area contributed by atoms with Gasteiger partial charge in [0.1, 0.15) is 5.76 Å². The van der Waals surface area contributed by atoms with Crippen LogP contribution in [0.15, 0.2) is 71.6 Å². The van der Waals surface area contributed by atoms with Crippen molar-refractivity contribution in [3.63, 3.8) is 0 Å². The van der Waals surface area contributed by atoms with Gasteiger partial charge in [-0.1, -0.05) is 12.1 Å². The molecule has 0 unspecified atom stereocenters. The maximum atomic E-state index is 11.7. The Balaban J connectivity index is 1.67. The molecule has 0 aliphatic rings. The summed E-state index contributed by atoms with van der Waals surface area (Å²) < 4.78 is 5.51. The molecule has 0 aliphatic carbocycles. The second-order valence-electron chi connectivity index (χ2n) is 6.17. The van der Waals surface area contributed by atoms with Gasteiger partial charge in [-0.25, -0.2) is 0 Å². The second kappa shape index (κ2) is 8.97. The molecule has 2 heterocycles. The Hall–Kier alpha value is -2.92. The number of furan rings is 1. The molecular formula is C21H23N3O2. The lowest BCUT2D eigenvalue weighted by Gasteiger charge is -2.21. The number of amides is 1. The highest BCUT2D eigenvalue weighted by Crippen LogP contribution is 2.13. The van der Waals surface area contributed by atoms with Gasteiger partial charge in [0.2, 0.25) is 0 Å². The molecule has 3 aromatic rings. The fraction of sp³-hybridized carbons (Fsp3) is 0.238. The Bertz CT molecular complexity index is 799. The van der Waals surface area contributed by atoms with Crippen LogP contribution in [0.25, 0.3) is 0 Å². The van der Waals surface area contributed by atoms with E-state index < -0.39 is 0 Å². The Labute approximate surface area is 153 Å². The molecule has 0 spiro atoms. The summed E-state index contributed by atoms with van der Waals surface area (Å²) in [6.07, 6.45) is 6.29. The van der Waals surface area contributed by atoms with Crippen LogP contribution in [-0.2, 0) is 19.5 Å². The van der Waals surface area contributed by atoms with Crippen molar-refractivity contribution in [1.29, 1.82) is 0 Å². The average molecular weight is 349 g/mol. The second-order valence-corrected chi connectivity index (χ2v) is 6.17. The third-order valence-corrected chi connectivity index (χ3v) is 4.27. The molecule has 3 rings (SSSR count). The molecule has 0 aliphatic heterocycles. The first-order valence-electron chi connectivity index (χ1n) is 8.69. The number of hydrogen-bond acceptors (Lipinski definition) is 4. The zero-order valence-electron chi connectivity index (χ0n) is 14.9. The first-order chi connectivity index (χ1) is 12.7. The molecule has 1 aromatic carbocycles. The van der Waals surface area contributed by atoms with Crippen molar-refractivity contribution in [3.05, 3.63) is 89.6 Å². The van der Waals surface area contributed by atoms with Crippen molar-refractivity contribution in [2.45, 2.75) is 19.5 Å². The van der Waals surface area contributed by atoms with Crippen LogP contribution in [0, 0.1) is 0 Å². The zero-order chi connectivity index (χ0) is 18.2. The van der Waals surface area contributed by atoms with Gasteiger partial charge in [-0.05, 0) is 53.9 Å². The highest BCUT2D eigenvalue weighted by Gasteiger charge is 2.10. The van der Waals surface area contributed by atoms with E-state index in [1.54, 1.807) is 13.3 Å². The van der Waals surface area contributed by atoms with Crippen LogP contribution in [0.1, 0.15) is 27.2 Å². The largest absolute Gasteiger partial charge is 0.468 e. The summed E-state index contributed by atoms with van der Waals surface area (Å²) in [6.45, 7) is 2.44. The molecule has 0 saturated carbocycles. The van der Waals surface area contributed by atoms with Gasteiger partial charge in [0.25, 0.3) is 5.91 Å². The Morgan fingerprint density at radius 2 is 1.81 bits per heavy atom. The SMILES string of the molecule is CNC(=O)c1ccc(CN(CCc2ccncc2)Cc2ccco2)cc1. The van der Waals surface area contributed by atoms with E-state index >= 15 is 0 Å². The van der Waals surface area contributed by atoms with Crippen LogP contribution < -0.4 is 5.32 Å². The molecule has 1 amide bonds. The number of carbonyl (C=O) groups is 1. The summed E-state index contributed by atoms with van der Waals surface area (Å²) in [6, 6.07) is 15.7. The number of nitrogens with zero attached hydrogens (tertiary/aromatic N) is 2. The lowest BCUT2D eigenvalue weighted by atomic mass is 10.1. The molecule has 0 fully saturated rings. The van der Waals surface area contributed by atoms with E-state index in [2.05, 4.69) is 15.2 Å². The molecule has 2 aromatic heterocycles. The smallest absolute Gasteiger partial charge is 0.251 e. The molecule has 5 nitrogen and oxygen atoms in total. The third-order valence-electron chi connectivity index (χ3n) is 4.27. The maximum absolute atomic E-state index is 11.7. The van der Waals surface area contributed by atoms with Gasteiger partial charge >= 0.3 is 0 Å². The molecule has 26 heavy (non-hydrogen) atoms. The van der Waals surface area contributed by atoms with E-state index in [0.717, 1.165) is 31.8 Å². The monoisotopic (exact) mass is 349 g/mol. The molecule has 5 heteroatoms. The van der Waals surface area contributed by atoms with E-state index in [1.807, 2.05) is 60.9 Å². The predicted molar refractivity (Wildman–Crippen MR) is 101 cm³/mol. The summed E-state index contributed by atoms with van der Waals surface area (Å²) in [7, 11) is 1.64. The quantitative estimate of drug-likeness (QED) is 0.678. The van der Waals surface area contributed by atoms with Crippen LogP contribution >= 0.6 is 0 Å². The van der Waals surface area contributed by atoms with Gasteiger partial charge in [-0.3, -0.25) is 14.7 Å². The number of pyridine rings is 1. The highest BCUT2D eigenvalue weighted by molar-refractivity contribution is 5.93. The molecule has 134 valence electrons. The number of carbonyl (C=O) groups excluding carboxylic acids is 1. The van der Waals surface area contributed by atoms with E-state index in [-0.39, 0.29) is 5.91 Å².